The van der Waals surface area contributed by atoms with Crippen LogP contribution in [0, 0.1) is 0 Å². The van der Waals surface area contributed by atoms with Crippen molar-refractivity contribution in [2.24, 2.45) is 0 Å². The van der Waals surface area contributed by atoms with Crippen molar-refractivity contribution >= 4 is 17.9 Å². The second kappa shape index (κ2) is 7.27. The van der Waals surface area contributed by atoms with Gasteiger partial charge in [-0.25, -0.2) is 4.79 Å². The second-order valence-corrected chi connectivity index (χ2v) is 2.53. The zero-order chi connectivity index (χ0) is 11.4. The van der Waals surface area contributed by atoms with Crippen molar-refractivity contribution in [3.63, 3.8) is 0 Å². The van der Waals surface area contributed by atoms with Crippen LogP contribution in [-0.2, 0) is 19.3 Å². The van der Waals surface area contributed by atoms with Crippen molar-refractivity contribution in [1.29, 1.82) is 0 Å². The Morgan fingerprint density at radius 2 is 1.73 bits per heavy atom. The maximum Gasteiger partial charge on any atom is 1.00 e. The normalized spacial score (nSPS) is 13.2. The van der Waals surface area contributed by atoms with Gasteiger partial charge in [-0.15, -0.1) is 0 Å². The molecule has 15 heavy (non-hydrogen) atoms. The summed E-state index contributed by atoms with van der Waals surface area (Å²) in [4.78, 5) is 33.9. The smallest absolute Gasteiger partial charge is 0.550 e. The predicted molar refractivity (Wildman–Crippen MR) is 35.5 cm³/mol. The average Bonchev–Trinajstić information content (AvgIpc) is 1.99. The number of rotatable bonds is 5. The van der Waals surface area contributed by atoms with Gasteiger partial charge in [0.1, 0.15) is 0 Å². The van der Waals surface area contributed by atoms with Crippen LogP contribution in [-0.4, -0.2) is 39.0 Å². The Hall–Kier alpha value is -0.0336. The third-order valence-corrected chi connectivity index (χ3v) is 1.34. The van der Waals surface area contributed by atoms with Gasteiger partial charge in [-0.1, -0.05) is 0 Å². The summed E-state index contributed by atoms with van der Waals surface area (Å²) in [7, 11) is 0. The first-order valence-electron chi connectivity index (χ1n) is 3.31. The molecular weight excluding hydrogens is 239 g/mol. The van der Waals surface area contributed by atoms with E-state index < -0.39 is 36.4 Å². The van der Waals surface area contributed by atoms with E-state index in [-0.39, 0.29) is 51.4 Å². The fourth-order valence-electron chi connectivity index (χ4n) is 0.781. The van der Waals surface area contributed by atoms with E-state index in [0.717, 1.165) is 0 Å². The number of carbonyl (C=O) groups is 3. The van der Waals surface area contributed by atoms with Crippen LogP contribution in [0.15, 0.2) is 0 Å². The summed E-state index contributed by atoms with van der Waals surface area (Å²) in [6.07, 6.45) is -2.49. The van der Waals surface area contributed by atoms with Crippen molar-refractivity contribution in [3.05, 3.63) is 0 Å². The second-order valence-electron chi connectivity index (χ2n) is 2.53. The van der Waals surface area contributed by atoms with E-state index in [1.165, 1.54) is 0 Å². The minimum Gasteiger partial charge on any atom is -0.550 e. The molecule has 8 nitrogen and oxygen atoms in total. The summed E-state index contributed by atoms with van der Waals surface area (Å²) >= 11 is 0. The van der Waals surface area contributed by atoms with E-state index in [1.54, 1.807) is 0 Å². The van der Waals surface area contributed by atoms with Crippen molar-refractivity contribution in [3.8, 4) is 0 Å². The summed E-state index contributed by atoms with van der Waals surface area (Å²) in [6, 6.07) is 0. The molecular formula is C6H7KO8. The summed E-state index contributed by atoms with van der Waals surface area (Å²) in [5, 5.41) is 35.4. The fraction of sp³-hybridized carbons (Fsp3) is 0.500. The summed E-state index contributed by atoms with van der Waals surface area (Å²) < 4.78 is 0. The van der Waals surface area contributed by atoms with Crippen LogP contribution in [0.3, 0.4) is 0 Å². The van der Waals surface area contributed by atoms with E-state index in [2.05, 4.69) is 4.89 Å². The van der Waals surface area contributed by atoms with Crippen LogP contribution < -0.4 is 56.5 Å². The molecule has 9 heteroatoms. The molecule has 0 rings (SSSR count). The van der Waals surface area contributed by atoms with Crippen molar-refractivity contribution in [2.75, 3.05) is 0 Å². The number of carbonyl (C=O) groups excluding carboxylic acids is 2. The first kappa shape index (κ1) is 17.4. The van der Waals surface area contributed by atoms with Crippen LogP contribution in [0.25, 0.3) is 0 Å². The van der Waals surface area contributed by atoms with Gasteiger partial charge in [-0.05, 0) is 0 Å². The standard InChI is InChI=1S/C6H8O8.K/c7-3(8)1-6(12,2-4(9)10)5(11)14-13;/h12-13H,1-2H2,(H,7,8)(H,9,10);/q;+1/p-1. The molecule has 0 aliphatic carbocycles. The molecule has 0 spiro atoms. The van der Waals surface area contributed by atoms with E-state index >= 15 is 0 Å². The van der Waals surface area contributed by atoms with Gasteiger partial charge in [0.15, 0.2) is 5.60 Å². The molecule has 1 atom stereocenters. The number of aliphatic hydroxyl groups is 1. The van der Waals surface area contributed by atoms with Crippen molar-refractivity contribution < 1.29 is 91.2 Å². The first-order chi connectivity index (χ1) is 6.31. The molecule has 80 valence electrons. The minimum atomic E-state index is -2.82. The summed E-state index contributed by atoms with van der Waals surface area (Å²) in [5.74, 6) is -5.23. The zero-order valence-corrected chi connectivity index (χ0v) is 10.9. The molecule has 0 aromatic heterocycles. The fourth-order valence-corrected chi connectivity index (χ4v) is 0.781. The zero-order valence-electron chi connectivity index (χ0n) is 7.80. The molecule has 0 saturated heterocycles. The molecule has 0 radical (unpaired) electrons. The Balaban J connectivity index is 0. The molecule has 0 aromatic carbocycles. The van der Waals surface area contributed by atoms with Crippen LogP contribution >= 0.6 is 0 Å². The maximum absolute atomic E-state index is 10.6. The van der Waals surface area contributed by atoms with Gasteiger partial charge in [0.05, 0.1) is 6.42 Å². The van der Waals surface area contributed by atoms with Crippen LogP contribution in [0.4, 0.5) is 0 Å². The Morgan fingerprint density at radius 3 is 2.00 bits per heavy atom. The van der Waals surface area contributed by atoms with Crippen LogP contribution in [0.2, 0.25) is 0 Å². The molecule has 0 amide bonds. The van der Waals surface area contributed by atoms with Gasteiger partial charge in [0, 0.05) is 12.4 Å². The van der Waals surface area contributed by atoms with Crippen LogP contribution in [0.1, 0.15) is 12.8 Å². The van der Waals surface area contributed by atoms with Gasteiger partial charge in [0.25, 0.3) is 0 Å². The molecule has 3 N–H and O–H groups in total. The van der Waals surface area contributed by atoms with E-state index in [0.29, 0.717) is 0 Å². The molecule has 0 aliphatic rings. The Labute approximate surface area is 126 Å². The molecule has 0 saturated carbocycles. The third kappa shape index (κ3) is 6.20. The van der Waals surface area contributed by atoms with Crippen LogP contribution in [0.5, 0.6) is 0 Å². The van der Waals surface area contributed by atoms with Gasteiger partial charge in [0.2, 0.25) is 0 Å². The largest absolute Gasteiger partial charge is 1.00 e. The number of hydrogen-bond donors (Lipinski definition) is 3. The number of aliphatic carboxylic acids is 2. The van der Waals surface area contributed by atoms with E-state index in [1.807, 2.05) is 0 Å². The SMILES string of the molecule is O=C([O-])CC(O)(CC(=O)O)C(=O)OO.[K+]. The molecule has 0 heterocycles. The molecule has 0 aliphatic heterocycles. The Kier molecular flexibility index (Phi) is 8.42. The number of carboxylic acids is 2. The molecule has 0 fully saturated rings. The van der Waals surface area contributed by atoms with E-state index in [9.17, 15) is 24.6 Å². The van der Waals surface area contributed by atoms with Crippen molar-refractivity contribution in [2.45, 2.75) is 18.4 Å². The number of hydrogen-bond acceptors (Lipinski definition) is 7. The van der Waals surface area contributed by atoms with Gasteiger partial charge < -0.3 is 20.1 Å². The monoisotopic (exact) mass is 246 g/mol. The average molecular weight is 246 g/mol. The van der Waals surface area contributed by atoms with E-state index in [4.69, 9.17) is 10.4 Å². The van der Waals surface area contributed by atoms with Crippen molar-refractivity contribution in [1.82, 2.24) is 0 Å². The van der Waals surface area contributed by atoms with Gasteiger partial charge in [-0.2, -0.15) is 5.26 Å². The Morgan fingerprint density at radius 1 is 1.27 bits per heavy atom. The molecule has 0 bridgehead atoms. The number of carboxylic acid groups (broad SMARTS) is 2. The summed E-state index contributed by atoms with van der Waals surface area (Å²) in [5.41, 5.74) is -2.82. The topological polar surface area (TPSA) is 144 Å². The summed E-state index contributed by atoms with van der Waals surface area (Å²) in [6.45, 7) is 0. The Bertz CT molecular complexity index is 246. The minimum absolute atomic E-state index is 0. The molecule has 1 unspecified atom stereocenters. The van der Waals surface area contributed by atoms with Gasteiger partial charge >= 0.3 is 63.3 Å². The quantitative estimate of drug-likeness (QED) is 0.247. The third-order valence-electron chi connectivity index (χ3n) is 1.34. The first-order valence-corrected chi connectivity index (χ1v) is 3.31. The predicted octanol–water partition coefficient (Wildman–Crippen LogP) is -5.65. The molecule has 0 aromatic rings. The maximum atomic E-state index is 10.6. The van der Waals surface area contributed by atoms with Gasteiger partial charge in [-0.3, -0.25) is 9.68 Å².